The molecule has 0 aliphatic rings. The van der Waals surface area contributed by atoms with Crippen molar-refractivity contribution in [3.8, 4) is 0 Å². The Labute approximate surface area is 79.6 Å². The van der Waals surface area contributed by atoms with E-state index in [2.05, 4.69) is 0 Å². The summed E-state index contributed by atoms with van der Waals surface area (Å²) in [6.45, 7) is 3.27. The van der Waals surface area contributed by atoms with E-state index in [-0.39, 0.29) is 5.56 Å². The van der Waals surface area contributed by atoms with Crippen molar-refractivity contribution in [2.24, 2.45) is 0 Å². The van der Waals surface area contributed by atoms with Gasteiger partial charge in [0, 0.05) is 0 Å². The van der Waals surface area contributed by atoms with Crippen molar-refractivity contribution in [1.82, 2.24) is 0 Å². The molecule has 0 aliphatic carbocycles. The van der Waals surface area contributed by atoms with E-state index < -0.39 is 17.6 Å². The Hall–Kier alpha value is -1.06. The molecular formula is C10H9F4. The number of rotatable bonds is 1. The van der Waals surface area contributed by atoms with E-state index in [1.54, 1.807) is 13.8 Å². The van der Waals surface area contributed by atoms with Gasteiger partial charge >= 0.3 is 6.18 Å². The van der Waals surface area contributed by atoms with E-state index in [9.17, 15) is 17.6 Å². The molecule has 1 aromatic carbocycles. The Kier molecular flexibility index (Phi) is 2.83. The summed E-state index contributed by atoms with van der Waals surface area (Å²) in [5.41, 5.74) is -0.675. The number of alkyl halides is 3. The monoisotopic (exact) mass is 205 g/mol. The van der Waals surface area contributed by atoms with Crippen LogP contribution in [0.25, 0.3) is 0 Å². The first-order valence-corrected chi connectivity index (χ1v) is 3.99. The molecule has 0 aromatic heterocycles. The maximum absolute atomic E-state index is 12.8. The molecule has 0 spiro atoms. The zero-order valence-electron chi connectivity index (χ0n) is 7.74. The van der Waals surface area contributed by atoms with E-state index >= 15 is 0 Å². The lowest BCUT2D eigenvalue weighted by molar-refractivity contribution is -0.137. The first kappa shape index (κ1) is 11.0. The van der Waals surface area contributed by atoms with Gasteiger partial charge in [-0.1, -0.05) is 13.8 Å². The van der Waals surface area contributed by atoms with Gasteiger partial charge in [-0.25, -0.2) is 4.39 Å². The van der Waals surface area contributed by atoms with Gasteiger partial charge < -0.3 is 0 Å². The first-order chi connectivity index (χ1) is 6.30. The number of halogens is 4. The van der Waals surface area contributed by atoms with Gasteiger partial charge in [0.2, 0.25) is 0 Å². The summed E-state index contributed by atoms with van der Waals surface area (Å²) in [6.07, 6.45) is -4.49. The van der Waals surface area contributed by atoms with Crippen molar-refractivity contribution in [3.05, 3.63) is 41.1 Å². The van der Waals surface area contributed by atoms with Crippen LogP contribution in [0, 0.1) is 11.7 Å². The highest BCUT2D eigenvalue weighted by atomic mass is 19.4. The van der Waals surface area contributed by atoms with Crippen LogP contribution in [0.3, 0.4) is 0 Å². The van der Waals surface area contributed by atoms with Crippen molar-refractivity contribution in [3.63, 3.8) is 0 Å². The van der Waals surface area contributed by atoms with Gasteiger partial charge in [0.1, 0.15) is 5.82 Å². The van der Waals surface area contributed by atoms with E-state index in [4.69, 9.17) is 0 Å². The molecule has 14 heavy (non-hydrogen) atoms. The maximum Gasteiger partial charge on any atom is 0.416 e. The van der Waals surface area contributed by atoms with Gasteiger partial charge in [-0.3, -0.25) is 0 Å². The molecule has 0 aliphatic heterocycles. The van der Waals surface area contributed by atoms with Gasteiger partial charge in [0.25, 0.3) is 0 Å². The standard InChI is InChI=1S/C10H9F4/c1-6(2)7-3-8(10(12,13)14)5-9(11)4-7/h3-5H,1-2H3. The van der Waals surface area contributed by atoms with Crippen LogP contribution in [0.2, 0.25) is 0 Å². The van der Waals surface area contributed by atoms with Crippen molar-refractivity contribution in [1.29, 1.82) is 0 Å². The summed E-state index contributed by atoms with van der Waals surface area (Å²) in [5.74, 6) is -0.217. The molecule has 0 amide bonds. The smallest absolute Gasteiger partial charge is 0.207 e. The van der Waals surface area contributed by atoms with Crippen LogP contribution in [0.1, 0.15) is 25.0 Å². The normalized spacial score (nSPS) is 12.2. The van der Waals surface area contributed by atoms with Gasteiger partial charge in [0.05, 0.1) is 5.56 Å². The van der Waals surface area contributed by atoms with Crippen molar-refractivity contribution < 1.29 is 17.6 Å². The molecule has 0 nitrogen and oxygen atoms in total. The summed E-state index contributed by atoms with van der Waals surface area (Å²) >= 11 is 0. The van der Waals surface area contributed by atoms with Crippen molar-refractivity contribution in [2.45, 2.75) is 20.0 Å². The Balaban J connectivity index is 3.21. The minimum Gasteiger partial charge on any atom is -0.207 e. The average Bonchev–Trinajstić information content (AvgIpc) is 2.01. The maximum atomic E-state index is 12.8. The zero-order valence-corrected chi connectivity index (χ0v) is 7.74. The van der Waals surface area contributed by atoms with E-state index in [1.165, 1.54) is 0 Å². The topological polar surface area (TPSA) is 0 Å². The van der Waals surface area contributed by atoms with Crippen LogP contribution in [-0.2, 0) is 6.18 Å². The molecule has 77 valence electrons. The second kappa shape index (κ2) is 3.59. The van der Waals surface area contributed by atoms with E-state index in [1.807, 2.05) is 0 Å². The van der Waals surface area contributed by atoms with Crippen molar-refractivity contribution >= 4 is 0 Å². The molecule has 0 N–H and O–H groups in total. The van der Waals surface area contributed by atoms with Gasteiger partial charge in [-0.15, -0.1) is 0 Å². The molecule has 0 saturated carbocycles. The fourth-order valence-electron chi connectivity index (χ4n) is 1.04. The molecule has 0 heterocycles. The van der Waals surface area contributed by atoms with Crippen LogP contribution in [-0.4, -0.2) is 0 Å². The van der Waals surface area contributed by atoms with Gasteiger partial charge in [-0.05, 0) is 29.7 Å². The number of benzene rings is 1. The second-order valence-electron chi connectivity index (χ2n) is 3.23. The predicted octanol–water partition coefficient (Wildman–Crippen LogP) is 3.81. The largest absolute Gasteiger partial charge is 0.416 e. The summed E-state index contributed by atoms with van der Waals surface area (Å²) < 4.78 is 49.5. The average molecular weight is 205 g/mol. The van der Waals surface area contributed by atoms with Crippen LogP contribution in [0.15, 0.2) is 18.2 Å². The van der Waals surface area contributed by atoms with E-state index in [0.29, 0.717) is 12.0 Å². The quantitative estimate of drug-likeness (QED) is 0.611. The molecule has 0 bridgehead atoms. The molecule has 0 saturated heterocycles. The third-order valence-corrected chi connectivity index (χ3v) is 1.80. The summed E-state index contributed by atoms with van der Waals surface area (Å²) in [6, 6.07) is 2.52. The first-order valence-electron chi connectivity index (χ1n) is 3.99. The SMILES string of the molecule is C[C](C)c1cc(F)cc(C(F)(F)F)c1. The van der Waals surface area contributed by atoms with Gasteiger partial charge in [0.15, 0.2) is 0 Å². The molecule has 1 rings (SSSR count). The zero-order chi connectivity index (χ0) is 10.9. The fraction of sp³-hybridized carbons (Fsp3) is 0.300. The highest BCUT2D eigenvalue weighted by Crippen LogP contribution is 2.31. The highest BCUT2D eigenvalue weighted by Gasteiger charge is 2.31. The third-order valence-electron chi connectivity index (χ3n) is 1.80. The Morgan fingerprint density at radius 3 is 2.07 bits per heavy atom. The molecule has 1 aromatic rings. The molecule has 0 atom stereocenters. The Bertz CT molecular complexity index is 325. The van der Waals surface area contributed by atoms with Crippen LogP contribution < -0.4 is 0 Å². The number of hydrogen-bond acceptors (Lipinski definition) is 0. The fourth-order valence-corrected chi connectivity index (χ4v) is 1.04. The minimum atomic E-state index is -4.49. The van der Waals surface area contributed by atoms with Crippen LogP contribution in [0.5, 0.6) is 0 Å². The van der Waals surface area contributed by atoms with Crippen molar-refractivity contribution in [2.75, 3.05) is 0 Å². The molecule has 0 fully saturated rings. The van der Waals surface area contributed by atoms with E-state index in [0.717, 1.165) is 12.1 Å². The number of hydrogen-bond donors (Lipinski definition) is 0. The summed E-state index contributed by atoms with van der Waals surface area (Å²) in [7, 11) is 0. The van der Waals surface area contributed by atoms with Gasteiger partial charge in [-0.2, -0.15) is 13.2 Å². The summed E-state index contributed by atoms with van der Waals surface area (Å²) in [5, 5.41) is 0. The third kappa shape index (κ3) is 2.47. The lowest BCUT2D eigenvalue weighted by Crippen LogP contribution is -2.06. The molecule has 4 heteroatoms. The molecular weight excluding hydrogens is 196 g/mol. The Morgan fingerprint density at radius 2 is 1.64 bits per heavy atom. The lowest BCUT2D eigenvalue weighted by atomic mass is 10.0. The minimum absolute atomic E-state index is 0.275. The highest BCUT2D eigenvalue weighted by molar-refractivity contribution is 5.34. The second-order valence-corrected chi connectivity index (χ2v) is 3.23. The van der Waals surface area contributed by atoms with Crippen LogP contribution >= 0.6 is 0 Å². The lowest BCUT2D eigenvalue weighted by Gasteiger charge is -2.10. The molecule has 1 radical (unpaired) electrons. The molecule has 0 unspecified atom stereocenters. The Morgan fingerprint density at radius 1 is 1.07 bits per heavy atom. The summed E-state index contributed by atoms with van der Waals surface area (Å²) in [4.78, 5) is 0. The predicted molar refractivity (Wildman–Crippen MR) is 45.1 cm³/mol. The van der Waals surface area contributed by atoms with Crippen LogP contribution in [0.4, 0.5) is 17.6 Å².